The molecule has 0 bridgehead atoms. The highest BCUT2D eigenvalue weighted by atomic mass is 35.5. The van der Waals surface area contributed by atoms with Crippen LogP contribution in [0, 0.1) is 10.1 Å². The summed E-state index contributed by atoms with van der Waals surface area (Å²) in [7, 11) is 0. The van der Waals surface area contributed by atoms with Crippen LogP contribution in [0.3, 0.4) is 0 Å². The summed E-state index contributed by atoms with van der Waals surface area (Å²) in [5.74, 6) is -1.01. The molecule has 31 heavy (non-hydrogen) atoms. The first-order valence-electron chi connectivity index (χ1n) is 9.45. The molecule has 0 spiro atoms. The third-order valence-electron chi connectivity index (χ3n) is 5.31. The van der Waals surface area contributed by atoms with Gasteiger partial charge in [0.15, 0.2) is 11.4 Å². The van der Waals surface area contributed by atoms with Crippen LogP contribution in [-0.2, 0) is 16.9 Å². The number of fused-ring (bicyclic) bond motifs is 1. The van der Waals surface area contributed by atoms with Crippen LogP contribution in [-0.4, -0.2) is 21.7 Å². The fraction of sp³-hybridized carbons (Fsp3) is 0.130. The molecule has 0 aromatic heterocycles. The molecule has 1 atom stereocenters. The Labute approximate surface area is 182 Å². The van der Waals surface area contributed by atoms with Crippen molar-refractivity contribution in [2.75, 3.05) is 4.90 Å². The number of para-hydroxylation sites is 1. The number of aliphatic hydroxyl groups is 1. The Hall–Kier alpha value is -3.55. The van der Waals surface area contributed by atoms with Crippen molar-refractivity contribution < 1.29 is 19.6 Å². The van der Waals surface area contributed by atoms with Gasteiger partial charge in [0.05, 0.1) is 23.6 Å². The van der Waals surface area contributed by atoms with Crippen molar-refractivity contribution in [2.45, 2.75) is 18.6 Å². The van der Waals surface area contributed by atoms with Crippen molar-refractivity contribution in [1.82, 2.24) is 0 Å². The second-order valence-electron chi connectivity index (χ2n) is 7.30. The van der Waals surface area contributed by atoms with Crippen LogP contribution >= 0.6 is 11.6 Å². The van der Waals surface area contributed by atoms with Crippen LogP contribution in [0.4, 0.5) is 11.4 Å². The van der Waals surface area contributed by atoms with Gasteiger partial charge in [-0.2, -0.15) is 0 Å². The van der Waals surface area contributed by atoms with Crippen LogP contribution in [0.2, 0.25) is 5.02 Å². The monoisotopic (exact) mass is 436 g/mol. The Kier molecular flexibility index (Phi) is 5.31. The molecule has 3 aromatic carbocycles. The topological polar surface area (TPSA) is 101 Å². The predicted octanol–water partition coefficient (Wildman–Crippen LogP) is 4.26. The van der Waals surface area contributed by atoms with Crippen molar-refractivity contribution in [3.63, 3.8) is 0 Å². The first-order valence-corrected chi connectivity index (χ1v) is 9.83. The second kappa shape index (κ2) is 7.94. The highest BCUT2D eigenvalue weighted by Crippen LogP contribution is 2.43. The molecule has 7 nitrogen and oxygen atoms in total. The number of nitrogens with zero attached hydrogens (tertiary/aromatic N) is 2. The normalized spacial score (nSPS) is 17.5. The average molecular weight is 437 g/mol. The molecule has 0 saturated carbocycles. The molecule has 8 heteroatoms. The summed E-state index contributed by atoms with van der Waals surface area (Å²) in [5, 5.41) is 22.7. The molecular formula is C23H17ClN2O5. The SMILES string of the molecule is O=C(CC1(O)C(=O)N(Cc2ccc([N+](=O)[O-])cc2)c2ccccc21)c1ccc(Cl)cc1. The van der Waals surface area contributed by atoms with Crippen molar-refractivity contribution in [2.24, 2.45) is 0 Å². The molecule has 0 aliphatic carbocycles. The Bertz CT molecular complexity index is 1180. The van der Waals surface area contributed by atoms with Crippen molar-refractivity contribution in [3.8, 4) is 0 Å². The number of nitro benzene ring substituents is 1. The lowest BCUT2D eigenvalue weighted by atomic mass is 9.88. The first kappa shape index (κ1) is 20.7. The number of benzene rings is 3. The highest BCUT2D eigenvalue weighted by Gasteiger charge is 2.50. The van der Waals surface area contributed by atoms with E-state index in [1.54, 1.807) is 60.7 Å². The van der Waals surface area contributed by atoms with E-state index in [1.165, 1.54) is 17.0 Å². The third-order valence-corrected chi connectivity index (χ3v) is 5.56. The van der Waals surface area contributed by atoms with E-state index in [4.69, 9.17) is 11.6 Å². The van der Waals surface area contributed by atoms with E-state index >= 15 is 0 Å². The zero-order chi connectivity index (χ0) is 22.2. The molecule has 1 aliphatic heterocycles. The number of Topliss-reactive ketones (excluding diaryl/α,β-unsaturated/α-hetero) is 1. The van der Waals surface area contributed by atoms with Crippen LogP contribution in [0.1, 0.15) is 27.9 Å². The number of rotatable bonds is 6. The number of carbonyl (C=O) groups excluding carboxylic acids is 2. The quantitative estimate of drug-likeness (QED) is 0.353. The van der Waals surface area contributed by atoms with Gasteiger partial charge in [-0.1, -0.05) is 41.9 Å². The fourth-order valence-corrected chi connectivity index (χ4v) is 3.84. The number of carbonyl (C=O) groups is 2. The largest absolute Gasteiger partial charge is 0.375 e. The lowest BCUT2D eigenvalue weighted by molar-refractivity contribution is -0.384. The lowest BCUT2D eigenvalue weighted by Crippen LogP contribution is -2.41. The number of nitro groups is 1. The smallest absolute Gasteiger partial charge is 0.269 e. The van der Waals surface area contributed by atoms with Crippen LogP contribution in [0.15, 0.2) is 72.8 Å². The molecule has 3 aromatic rings. The summed E-state index contributed by atoms with van der Waals surface area (Å²) >= 11 is 5.87. The number of hydrogen-bond donors (Lipinski definition) is 1. The number of ketones is 1. The summed E-state index contributed by atoms with van der Waals surface area (Å²) in [6.45, 7) is 0.102. The van der Waals surface area contributed by atoms with Crippen molar-refractivity contribution in [3.05, 3.63) is 105 Å². The van der Waals surface area contributed by atoms with Gasteiger partial charge in [0.2, 0.25) is 0 Å². The standard InChI is InChI=1S/C23H17ClN2O5/c24-17-9-7-16(8-10-17)21(27)13-23(29)19-3-1-2-4-20(19)25(22(23)28)14-15-5-11-18(12-6-15)26(30)31/h1-12,29H,13-14H2. The molecule has 156 valence electrons. The van der Waals surface area contributed by atoms with E-state index < -0.39 is 22.9 Å². The highest BCUT2D eigenvalue weighted by molar-refractivity contribution is 6.30. The number of halogens is 1. The number of anilines is 1. The molecule has 1 N–H and O–H groups in total. The van der Waals surface area contributed by atoms with Gasteiger partial charge >= 0.3 is 0 Å². The summed E-state index contributed by atoms with van der Waals surface area (Å²) in [4.78, 5) is 37.8. The van der Waals surface area contributed by atoms with E-state index in [1.807, 2.05) is 0 Å². The maximum absolute atomic E-state index is 13.3. The Morgan fingerprint density at radius 1 is 1.03 bits per heavy atom. The van der Waals surface area contributed by atoms with E-state index in [-0.39, 0.29) is 18.0 Å². The Balaban J connectivity index is 1.64. The number of non-ortho nitro benzene ring substituents is 1. The van der Waals surface area contributed by atoms with Gasteiger partial charge in [-0.05, 0) is 35.9 Å². The molecule has 1 aliphatic rings. The molecule has 0 saturated heterocycles. The summed E-state index contributed by atoms with van der Waals surface area (Å²) < 4.78 is 0. The van der Waals surface area contributed by atoms with E-state index in [0.29, 0.717) is 27.4 Å². The predicted molar refractivity (Wildman–Crippen MR) is 115 cm³/mol. The second-order valence-corrected chi connectivity index (χ2v) is 7.74. The minimum atomic E-state index is -2.01. The van der Waals surface area contributed by atoms with Gasteiger partial charge in [-0.25, -0.2) is 0 Å². The summed E-state index contributed by atoms with van der Waals surface area (Å²) in [6, 6.07) is 18.8. The fourth-order valence-electron chi connectivity index (χ4n) is 3.71. The number of amides is 1. The van der Waals surface area contributed by atoms with Gasteiger partial charge in [-0.3, -0.25) is 19.7 Å². The molecule has 4 rings (SSSR count). The minimum Gasteiger partial charge on any atom is -0.375 e. The average Bonchev–Trinajstić information content (AvgIpc) is 2.96. The molecular weight excluding hydrogens is 420 g/mol. The molecule has 0 radical (unpaired) electrons. The van der Waals surface area contributed by atoms with Gasteiger partial charge in [0, 0.05) is 28.3 Å². The van der Waals surface area contributed by atoms with E-state index in [9.17, 15) is 24.8 Å². The third kappa shape index (κ3) is 3.81. The van der Waals surface area contributed by atoms with Gasteiger partial charge in [0.25, 0.3) is 11.6 Å². The van der Waals surface area contributed by atoms with Crippen LogP contribution in [0.5, 0.6) is 0 Å². The Morgan fingerprint density at radius 3 is 2.32 bits per heavy atom. The van der Waals surface area contributed by atoms with Gasteiger partial charge < -0.3 is 10.0 Å². The maximum Gasteiger partial charge on any atom is 0.269 e. The van der Waals surface area contributed by atoms with Gasteiger partial charge in [0.1, 0.15) is 0 Å². The minimum absolute atomic E-state index is 0.0537. The van der Waals surface area contributed by atoms with Crippen LogP contribution in [0.25, 0.3) is 0 Å². The van der Waals surface area contributed by atoms with Crippen LogP contribution < -0.4 is 4.90 Å². The number of hydrogen-bond acceptors (Lipinski definition) is 5. The molecule has 1 heterocycles. The molecule has 1 amide bonds. The maximum atomic E-state index is 13.3. The van der Waals surface area contributed by atoms with Crippen molar-refractivity contribution >= 4 is 34.7 Å². The zero-order valence-corrected chi connectivity index (χ0v) is 17.0. The summed E-state index contributed by atoms with van der Waals surface area (Å²) in [6.07, 6.45) is -0.415. The Morgan fingerprint density at radius 2 is 1.68 bits per heavy atom. The summed E-state index contributed by atoms with van der Waals surface area (Å²) in [5.41, 5.74) is -0.212. The van der Waals surface area contributed by atoms with Gasteiger partial charge in [-0.15, -0.1) is 0 Å². The molecule has 1 unspecified atom stereocenters. The first-order chi connectivity index (χ1) is 14.8. The zero-order valence-electron chi connectivity index (χ0n) is 16.2. The molecule has 0 fully saturated rings. The lowest BCUT2D eigenvalue weighted by Gasteiger charge is -2.23. The van der Waals surface area contributed by atoms with E-state index in [2.05, 4.69) is 0 Å². The van der Waals surface area contributed by atoms with Crippen molar-refractivity contribution in [1.29, 1.82) is 0 Å². The van der Waals surface area contributed by atoms with E-state index in [0.717, 1.165) is 0 Å².